The number of hydrogen-bond acceptors (Lipinski definition) is 6. The second kappa shape index (κ2) is 6.32. The quantitative estimate of drug-likeness (QED) is 0.670. The van der Waals surface area contributed by atoms with Crippen LogP contribution in [0.5, 0.6) is 5.75 Å². The molecule has 0 saturated carbocycles. The van der Waals surface area contributed by atoms with Crippen LogP contribution < -0.4 is 10.6 Å². The van der Waals surface area contributed by atoms with Crippen LogP contribution >= 0.6 is 0 Å². The van der Waals surface area contributed by atoms with E-state index in [1.165, 1.54) is 6.33 Å². The molecular formula is C18H16N6O2. The third-order valence-electron chi connectivity index (χ3n) is 4.21. The molecule has 8 nitrogen and oxygen atoms in total. The molecule has 1 amide bonds. The van der Waals surface area contributed by atoms with Gasteiger partial charge in [-0.15, -0.1) is 0 Å². The number of carbonyl (C=O) groups excluding carboxylic acids is 1. The molecule has 3 heterocycles. The number of benzene rings is 1. The summed E-state index contributed by atoms with van der Waals surface area (Å²) >= 11 is 0. The van der Waals surface area contributed by atoms with E-state index >= 15 is 0 Å². The Hall–Kier alpha value is -3.68. The van der Waals surface area contributed by atoms with Gasteiger partial charge < -0.3 is 15.7 Å². The number of phenolic OH excluding ortho intramolecular Hbond substituents is 1. The van der Waals surface area contributed by atoms with Gasteiger partial charge in [-0.25, -0.2) is 9.67 Å². The summed E-state index contributed by atoms with van der Waals surface area (Å²) in [5, 5.41) is 19.9. The number of phenols is 1. The summed E-state index contributed by atoms with van der Waals surface area (Å²) in [6, 6.07) is 11.5. The smallest absolute Gasteiger partial charge is 0.237 e. The first kappa shape index (κ1) is 15.8. The van der Waals surface area contributed by atoms with Gasteiger partial charge in [0.1, 0.15) is 23.8 Å². The van der Waals surface area contributed by atoms with Crippen molar-refractivity contribution < 1.29 is 9.90 Å². The first-order valence-corrected chi connectivity index (χ1v) is 7.99. The van der Waals surface area contributed by atoms with E-state index in [4.69, 9.17) is 0 Å². The lowest BCUT2D eigenvalue weighted by Crippen LogP contribution is -2.39. The van der Waals surface area contributed by atoms with Gasteiger partial charge in [-0.05, 0) is 29.8 Å². The second-order valence-electron chi connectivity index (χ2n) is 5.90. The van der Waals surface area contributed by atoms with Gasteiger partial charge in [0.15, 0.2) is 0 Å². The highest BCUT2D eigenvalue weighted by molar-refractivity contribution is 5.95. The van der Waals surface area contributed by atoms with Crippen LogP contribution in [0.3, 0.4) is 0 Å². The van der Waals surface area contributed by atoms with Crippen molar-refractivity contribution in [2.24, 2.45) is 5.92 Å². The van der Waals surface area contributed by atoms with Gasteiger partial charge in [-0.3, -0.25) is 4.79 Å². The van der Waals surface area contributed by atoms with Crippen LogP contribution in [-0.2, 0) is 4.79 Å². The van der Waals surface area contributed by atoms with E-state index in [1.54, 1.807) is 47.3 Å². The molecule has 1 aliphatic rings. The average molecular weight is 348 g/mol. The Labute approximate surface area is 149 Å². The number of hydrogen-bond donors (Lipinski definition) is 3. The Morgan fingerprint density at radius 3 is 2.88 bits per heavy atom. The number of aromatic hydroxyl groups is 1. The molecule has 4 rings (SSSR count). The Morgan fingerprint density at radius 2 is 2.12 bits per heavy atom. The number of fused-ring (bicyclic) bond motifs is 1. The van der Waals surface area contributed by atoms with E-state index in [0.29, 0.717) is 17.5 Å². The van der Waals surface area contributed by atoms with Crippen LogP contribution in [-0.4, -0.2) is 30.8 Å². The second-order valence-corrected chi connectivity index (χ2v) is 5.90. The Kier molecular flexibility index (Phi) is 3.85. The molecule has 0 aliphatic carbocycles. The van der Waals surface area contributed by atoms with Gasteiger partial charge >= 0.3 is 0 Å². The van der Waals surface area contributed by atoms with Crippen molar-refractivity contribution >= 4 is 17.7 Å². The standard InChI is InChI=1S/C18H16N6O2/c1-11-15(17(26)23-14-7-2-3-8-19-14)16(12-5-4-6-13(25)9-12)24-18(22-11)20-10-21-24/h2-10,15-16,25H,1H2,(H,19,23,26)(H,20,21,22)/t15-,16+/m0/s1. The summed E-state index contributed by atoms with van der Waals surface area (Å²) in [6.07, 6.45) is 3.01. The molecule has 3 aromatic rings. The first-order chi connectivity index (χ1) is 12.6. The molecule has 0 spiro atoms. The van der Waals surface area contributed by atoms with Crippen LogP contribution in [0.1, 0.15) is 11.6 Å². The van der Waals surface area contributed by atoms with E-state index in [0.717, 1.165) is 5.56 Å². The number of anilines is 2. The lowest BCUT2D eigenvalue weighted by Gasteiger charge is -2.33. The molecule has 130 valence electrons. The molecule has 1 aromatic carbocycles. The van der Waals surface area contributed by atoms with E-state index < -0.39 is 12.0 Å². The van der Waals surface area contributed by atoms with Gasteiger partial charge in [-0.1, -0.05) is 24.8 Å². The summed E-state index contributed by atoms with van der Waals surface area (Å²) in [4.78, 5) is 21.3. The lowest BCUT2D eigenvalue weighted by atomic mass is 9.88. The zero-order chi connectivity index (χ0) is 18.1. The van der Waals surface area contributed by atoms with Crippen LogP contribution in [0.25, 0.3) is 0 Å². The SMILES string of the molecule is C=C1Nc2ncnn2[C@H](c2cccc(O)c2)[C@H]1C(=O)Nc1ccccn1. The van der Waals surface area contributed by atoms with Crippen LogP contribution in [0, 0.1) is 5.92 Å². The number of nitrogens with zero attached hydrogens (tertiary/aromatic N) is 4. The van der Waals surface area contributed by atoms with Gasteiger partial charge in [0.25, 0.3) is 0 Å². The summed E-state index contributed by atoms with van der Waals surface area (Å²) in [7, 11) is 0. The zero-order valence-electron chi connectivity index (χ0n) is 13.7. The van der Waals surface area contributed by atoms with Crippen molar-refractivity contribution in [1.29, 1.82) is 0 Å². The van der Waals surface area contributed by atoms with Crippen molar-refractivity contribution in [3.63, 3.8) is 0 Å². The third-order valence-corrected chi connectivity index (χ3v) is 4.21. The Morgan fingerprint density at radius 1 is 1.23 bits per heavy atom. The minimum absolute atomic E-state index is 0.109. The van der Waals surface area contributed by atoms with Crippen LogP contribution in [0.15, 0.2) is 67.3 Å². The zero-order valence-corrected chi connectivity index (χ0v) is 13.7. The third kappa shape index (κ3) is 2.77. The van der Waals surface area contributed by atoms with E-state index in [2.05, 4.69) is 32.3 Å². The maximum atomic E-state index is 13.0. The number of aromatic nitrogens is 4. The summed E-state index contributed by atoms with van der Waals surface area (Å²) in [5.74, 6) is 0.0930. The van der Waals surface area contributed by atoms with Crippen molar-refractivity contribution in [2.45, 2.75) is 6.04 Å². The van der Waals surface area contributed by atoms with E-state index in [1.807, 2.05) is 6.07 Å². The first-order valence-electron chi connectivity index (χ1n) is 7.99. The summed E-state index contributed by atoms with van der Waals surface area (Å²) in [6.45, 7) is 4.00. The Balaban J connectivity index is 1.75. The molecule has 1 aliphatic heterocycles. The fourth-order valence-corrected chi connectivity index (χ4v) is 3.08. The number of amides is 1. The molecular weight excluding hydrogens is 332 g/mol. The molecule has 0 bridgehead atoms. The van der Waals surface area contributed by atoms with Crippen molar-refractivity contribution in [2.75, 3.05) is 10.6 Å². The molecule has 0 radical (unpaired) electrons. The summed E-state index contributed by atoms with van der Waals surface area (Å²) < 4.78 is 1.62. The molecule has 0 saturated heterocycles. The maximum absolute atomic E-state index is 13.0. The fraction of sp³-hybridized carbons (Fsp3) is 0.111. The van der Waals surface area contributed by atoms with Crippen molar-refractivity contribution in [3.05, 3.63) is 72.8 Å². The number of pyridine rings is 1. The molecule has 26 heavy (non-hydrogen) atoms. The maximum Gasteiger partial charge on any atom is 0.237 e. The minimum atomic E-state index is -0.673. The minimum Gasteiger partial charge on any atom is -0.508 e. The fourth-order valence-electron chi connectivity index (χ4n) is 3.08. The van der Waals surface area contributed by atoms with Crippen molar-refractivity contribution in [1.82, 2.24) is 19.7 Å². The highest BCUT2D eigenvalue weighted by atomic mass is 16.3. The lowest BCUT2D eigenvalue weighted by molar-refractivity contribution is -0.119. The largest absolute Gasteiger partial charge is 0.508 e. The highest BCUT2D eigenvalue weighted by Gasteiger charge is 2.39. The normalized spacial score (nSPS) is 18.7. The monoisotopic (exact) mass is 348 g/mol. The van der Waals surface area contributed by atoms with Gasteiger partial charge in [-0.2, -0.15) is 10.1 Å². The van der Waals surface area contributed by atoms with Gasteiger partial charge in [0, 0.05) is 11.9 Å². The van der Waals surface area contributed by atoms with E-state index in [9.17, 15) is 9.90 Å². The van der Waals surface area contributed by atoms with E-state index in [-0.39, 0.29) is 11.7 Å². The number of nitrogens with one attached hydrogen (secondary N) is 2. The summed E-state index contributed by atoms with van der Waals surface area (Å²) in [5.41, 5.74) is 1.22. The van der Waals surface area contributed by atoms with Crippen LogP contribution in [0.2, 0.25) is 0 Å². The molecule has 3 N–H and O–H groups in total. The molecule has 8 heteroatoms. The molecule has 0 fully saturated rings. The predicted octanol–water partition coefficient (Wildman–Crippen LogP) is 2.16. The topological polar surface area (TPSA) is 105 Å². The Bertz CT molecular complexity index is 969. The molecule has 0 unspecified atom stereocenters. The predicted molar refractivity (Wildman–Crippen MR) is 95.4 cm³/mol. The molecule has 2 atom stereocenters. The van der Waals surface area contributed by atoms with Crippen LogP contribution in [0.4, 0.5) is 11.8 Å². The average Bonchev–Trinajstić information content (AvgIpc) is 3.09. The highest BCUT2D eigenvalue weighted by Crippen LogP contribution is 2.38. The van der Waals surface area contributed by atoms with Gasteiger partial charge in [0.05, 0.1) is 6.04 Å². The van der Waals surface area contributed by atoms with Gasteiger partial charge in [0.2, 0.25) is 11.9 Å². The molecule has 2 aromatic heterocycles. The number of carbonyl (C=O) groups is 1. The van der Waals surface area contributed by atoms with Crippen molar-refractivity contribution in [3.8, 4) is 5.75 Å². The number of rotatable bonds is 3.